The highest BCUT2D eigenvalue weighted by molar-refractivity contribution is 8.00. The van der Waals surface area contributed by atoms with Crippen LogP contribution in [0.2, 0.25) is 0 Å². The van der Waals surface area contributed by atoms with E-state index in [1.807, 2.05) is 13.8 Å². The van der Waals surface area contributed by atoms with Gasteiger partial charge in [-0.05, 0) is 93.0 Å². The molecule has 2 fully saturated rings. The molecule has 0 radical (unpaired) electrons. The van der Waals surface area contributed by atoms with Crippen LogP contribution in [0.15, 0.2) is 134 Å². The number of hydrogen-bond acceptors (Lipinski definition) is 21. The van der Waals surface area contributed by atoms with Crippen LogP contribution in [-0.4, -0.2) is 302 Å². The maximum absolute atomic E-state index is 16.2. The van der Waals surface area contributed by atoms with Gasteiger partial charge in [0, 0.05) is 108 Å². The second-order valence-corrected chi connectivity index (χ2v) is 35.6. The first-order valence-electron chi connectivity index (χ1n) is 45.5. The predicted molar refractivity (Wildman–Crippen MR) is 504 cm³/mol. The molecule has 3 unspecified atom stereocenters. The third kappa shape index (κ3) is 31.5. The summed E-state index contributed by atoms with van der Waals surface area (Å²) in [5.41, 5.74) is 14.2. The molecule has 0 aliphatic carbocycles. The number of hydrogen-bond donors (Lipinski definition) is 17. The Labute approximate surface area is 789 Å². The first-order valence-corrected chi connectivity index (χ1v) is 46.6. The zero-order valence-corrected chi connectivity index (χ0v) is 78.9. The molecule has 41 heteroatoms. The number of guanidine groups is 1. The number of para-hydroxylation sites is 1. The molecule has 6 aromatic rings. The van der Waals surface area contributed by atoms with Crippen molar-refractivity contribution in [3.05, 3.63) is 162 Å². The third-order valence-corrected chi connectivity index (χ3v) is 24.8. The minimum Gasteiger partial charge on any atom is -0.394 e. The lowest BCUT2D eigenvalue weighted by Gasteiger charge is -2.38. The average Bonchev–Trinajstić information content (AvgIpc) is 1.50. The van der Waals surface area contributed by atoms with Gasteiger partial charge >= 0.3 is 0 Å². The van der Waals surface area contributed by atoms with E-state index in [-0.39, 0.29) is 83.2 Å². The van der Waals surface area contributed by atoms with Crippen LogP contribution in [0.25, 0.3) is 10.9 Å². The number of H-pyrrole nitrogens is 2. The van der Waals surface area contributed by atoms with Gasteiger partial charge in [-0.25, -0.2) is 4.98 Å². The highest BCUT2D eigenvalue weighted by Gasteiger charge is 2.45. The molecule has 730 valence electrons. The molecular formula is C94H130N22O18S. The lowest BCUT2D eigenvalue weighted by molar-refractivity contribution is -0.149. The molecule has 4 aromatic carbocycles. The van der Waals surface area contributed by atoms with E-state index in [1.54, 1.807) is 135 Å². The summed E-state index contributed by atoms with van der Waals surface area (Å²) in [6.45, 7) is 7.20. The SMILES string of the molecule is CCCC[C@H]1C(=O)N(C)[C@@H](CCCC)C(=O)N[C@@H](CCCNC(=N)N)C(=O)NC(C(=O)NCC(N)=O)CSCC(=O)N[C@@H](Cc2ccccc2)C(=O)N(C)[C@@H](C)C(=O)N[C@@H](CC(C)=O)C(=O)N2CCC[C@H]2C(=O)N[C@@H](Cc2cnc[nH]2)C(=O)N[C@@H](CC(C)C)C(=O)N(C)CC(=O)N[C@@H](Cc2c[nH]c3ccccc23)C(=O)NC(CO)C(=O)NC(C(c2ccccc2)c2ccccc2)C(=O)N1C. The number of fused-ring (bicyclic) bond motifs is 2. The zero-order chi connectivity index (χ0) is 98.7. The molecule has 2 aromatic heterocycles. The quantitative estimate of drug-likeness (QED) is 0.0184. The standard InChI is InChI=1S/C94H130N22O18S/c1-11-13-37-73-87(128)105-65(36-26-40-99-94(96)97)83(124)110-72(82(123)101-49-76(95)119)52-135-53-78(121)104-70(44-58-28-18-15-19-29-58)90(131)113(8)57(6)81(122)107-69(43-56(5)118)91(132)116-41-27-39-74(116)88(129)106-67(46-62-48-98-54-102-62)85(126)108-68(42-55(3)4)89(130)112(7)50-77(120)103-66(45-61-47-100-64-35-25-24-34-63(61)64)84(125)109-71(51-117)86(127)111-80(93(134)115(10)75(38-14-12-2)92(133)114(73)9)79(59-30-20-16-21-31-59)60-32-22-17-23-33-60/h15-25,28-35,47-48,54-55,57,65-75,79-80,100,117H,11-14,26-27,36-46,49-53H2,1-10H3,(H2,95,119)(H,98,102)(H,101,123)(H,103,120)(H,104,121)(H,105,128)(H,106,129)(H,107,122)(H,108,126)(H,109,125)(H,110,124)(H,111,127)(H4,96,97,99)/t57-,65-,66-,67-,68-,69-,70-,71?,72?,73-,74-,75-,80?/m0/s1. The van der Waals surface area contributed by atoms with Crippen LogP contribution in [0.3, 0.4) is 0 Å². The van der Waals surface area contributed by atoms with Crippen LogP contribution in [-0.2, 0) is 101 Å². The first kappa shape index (κ1) is 107. The minimum absolute atomic E-state index is 0.000713. The van der Waals surface area contributed by atoms with Crippen LogP contribution in [0.4, 0.5) is 0 Å². The van der Waals surface area contributed by atoms with Crippen molar-refractivity contribution in [3.63, 3.8) is 0 Å². The molecule has 0 saturated carbocycles. The number of primary amides is 1. The normalized spacial score (nSPS) is 23.2. The first-order chi connectivity index (χ1) is 64.4. The van der Waals surface area contributed by atoms with Crippen LogP contribution < -0.4 is 70.0 Å². The number of imidazole rings is 1. The number of rotatable bonds is 27. The van der Waals surface area contributed by atoms with Gasteiger partial charge in [-0.2, -0.15) is 0 Å². The van der Waals surface area contributed by atoms with Crippen molar-refractivity contribution in [2.24, 2.45) is 17.4 Å². The summed E-state index contributed by atoms with van der Waals surface area (Å²) in [7, 11) is 5.31. The van der Waals surface area contributed by atoms with E-state index in [0.717, 1.165) is 21.6 Å². The van der Waals surface area contributed by atoms with Gasteiger partial charge in [0.15, 0.2) is 5.96 Å². The van der Waals surface area contributed by atoms with E-state index in [4.69, 9.17) is 16.9 Å². The largest absolute Gasteiger partial charge is 0.394 e. The third-order valence-electron chi connectivity index (χ3n) is 23.7. The number of benzene rings is 4. The summed E-state index contributed by atoms with van der Waals surface area (Å²) in [6.07, 6.45) is 4.90. The predicted octanol–water partition coefficient (Wildman–Crippen LogP) is 0.0740. The van der Waals surface area contributed by atoms with Crippen LogP contribution in [0, 0.1) is 11.3 Å². The van der Waals surface area contributed by atoms with E-state index >= 15 is 28.8 Å². The maximum atomic E-state index is 16.2. The fourth-order valence-corrected chi connectivity index (χ4v) is 17.2. The monoisotopic (exact) mass is 1890 g/mol. The Bertz CT molecular complexity index is 5050. The molecule has 0 spiro atoms. The van der Waals surface area contributed by atoms with Crippen LogP contribution in [0.1, 0.15) is 152 Å². The Hall–Kier alpha value is -13.6. The highest BCUT2D eigenvalue weighted by atomic mass is 32.2. The van der Waals surface area contributed by atoms with E-state index in [9.17, 15) is 57.8 Å². The molecule has 40 nitrogen and oxygen atoms in total. The Morgan fingerprint density at radius 1 is 0.563 bits per heavy atom. The van der Waals surface area contributed by atoms with Gasteiger partial charge in [0.2, 0.25) is 94.5 Å². The molecule has 4 heterocycles. The van der Waals surface area contributed by atoms with Crippen molar-refractivity contribution in [1.29, 1.82) is 5.41 Å². The van der Waals surface area contributed by atoms with E-state index in [2.05, 4.69) is 73.4 Å². The minimum atomic E-state index is -1.88. The van der Waals surface area contributed by atoms with E-state index < -0.39 is 228 Å². The maximum Gasteiger partial charge on any atom is 0.246 e. The number of carbonyl (C=O) groups excluding carboxylic acids is 17. The van der Waals surface area contributed by atoms with Gasteiger partial charge in [-0.3, -0.25) is 86.9 Å². The summed E-state index contributed by atoms with van der Waals surface area (Å²) in [5, 5.41) is 49.4. The number of likely N-dealkylation sites (N-methyl/N-ethyl adjacent to an activating group) is 4. The van der Waals surface area contributed by atoms with Crippen molar-refractivity contribution < 1.29 is 86.6 Å². The van der Waals surface area contributed by atoms with Gasteiger partial charge in [-0.15, -0.1) is 11.8 Å². The summed E-state index contributed by atoms with van der Waals surface area (Å²) in [6, 6.07) is 13.2. The summed E-state index contributed by atoms with van der Waals surface area (Å²) in [5.74, 6) is -17.5. The van der Waals surface area contributed by atoms with Gasteiger partial charge in [0.25, 0.3) is 0 Å². The number of aliphatic hydroxyl groups is 1. The van der Waals surface area contributed by atoms with Gasteiger partial charge in [0.1, 0.15) is 84.3 Å². The molecule has 8 rings (SSSR count). The fraction of sp³-hybridized carbons (Fsp3) is 0.500. The Balaban J connectivity index is 1.21. The number of carbonyl (C=O) groups is 17. The Morgan fingerprint density at radius 3 is 1.74 bits per heavy atom. The number of Topliss-reactive ketones (excluding diaryl/α,β-unsaturated/α-hetero) is 1. The van der Waals surface area contributed by atoms with Gasteiger partial charge in [0.05, 0.1) is 31.8 Å². The number of nitrogens with one attached hydrogen (secondary N) is 14. The molecule has 2 aliphatic rings. The Kier molecular flexibility index (Phi) is 41.7. The Morgan fingerprint density at radius 2 is 1.13 bits per heavy atom. The lowest BCUT2D eigenvalue weighted by Crippen LogP contribution is -2.62. The fourth-order valence-electron chi connectivity index (χ4n) is 16.3. The lowest BCUT2D eigenvalue weighted by atomic mass is 9.83. The molecule has 13 atom stereocenters. The van der Waals surface area contributed by atoms with Crippen LogP contribution >= 0.6 is 11.8 Å². The number of aromatic amines is 2. The molecule has 2 saturated heterocycles. The van der Waals surface area contributed by atoms with Crippen molar-refractivity contribution >= 4 is 129 Å². The van der Waals surface area contributed by atoms with Crippen molar-refractivity contribution in [1.82, 2.24) is 97.9 Å². The topological polar surface area (TPSA) is 579 Å². The summed E-state index contributed by atoms with van der Waals surface area (Å²) >= 11 is 0.805. The van der Waals surface area contributed by atoms with Crippen LogP contribution in [0.5, 0.6) is 0 Å². The number of unbranched alkanes of at least 4 members (excludes halogenated alkanes) is 2. The molecule has 16 amide bonds. The molecule has 135 heavy (non-hydrogen) atoms. The average molecular weight is 1890 g/mol. The summed E-state index contributed by atoms with van der Waals surface area (Å²) in [4.78, 5) is 267. The van der Waals surface area contributed by atoms with Gasteiger partial charge < -0.3 is 110 Å². The molecule has 19 N–H and O–H groups in total. The van der Waals surface area contributed by atoms with Gasteiger partial charge in [-0.1, -0.05) is 163 Å². The second-order valence-electron chi connectivity index (χ2n) is 34.6. The number of aromatic nitrogens is 3. The number of nitrogens with zero attached hydrogens (tertiary/aromatic N) is 6. The number of aliphatic hydroxyl groups excluding tert-OH is 1. The highest BCUT2D eigenvalue weighted by Crippen LogP contribution is 2.32. The van der Waals surface area contributed by atoms with Crippen molar-refractivity contribution in [2.45, 2.75) is 222 Å². The number of amides is 16. The smallest absolute Gasteiger partial charge is 0.246 e. The van der Waals surface area contributed by atoms with Crippen molar-refractivity contribution in [2.75, 3.05) is 72.5 Å². The molecule has 0 bridgehead atoms. The number of nitrogens with two attached hydrogens (primary N) is 2. The number of thioether (sulfide) groups is 1. The van der Waals surface area contributed by atoms with E-state index in [0.29, 0.717) is 64.5 Å². The van der Waals surface area contributed by atoms with Crippen molar-refractivity contribution in [3.8, 4) is 0 Å². The number of ketones is 1. The molecular weight excluding hydrogens is 1760 g/mol. The van der Waals surface area contributed by atoms with E-state index in [1.165, 1.54) is 69.3 Å². The molecule has 2 aliphatic heterocycles. The summed E-state index contributed by atoms with van der Waals surface area (Å²) < 4.78 is 0. The zero-order valence-electron chi connectivity index (χ0n) is 78.1. The second kappa shape index (κ2) is 52.7.